The number of carbonyl (C=O) groups excluding carboxylic acids is 2. The van der Waals surface area contributed by atoms with Crippen LogP contribution in [0.3, 0.4) is 0 Å². The van der Waals surface area contributed by atoms with E-state index in [-0.39, 0.29) is 18.4 Å². The molecule has 3 aromatic rings. The summed E-state index contributed by atoms with van der Waals surface area (Å²) in [6.45, 7) is 2.08. The predicted octanol–water partition coefficient (Wildman–Crippen LogP) is 3.53. The molecule has 2 aliphatic heterocycles. The van der Waals surface area contributed by atoms with Crippen molar-refractivity contribution >= 4 is 28.3 Å². The molecule has 0 radical (unpaired) electrons. The summed E-state index contributed by atoms with van der Waals surface area (Å²) >= 11 is 1.37. The third kappa shape index (κ3) is 6.65. The molecule has 10 heteroatoms. The summed E-state index contributed by atoms with van der Waals surface area (Å²) in [4.78, 5) is 32.7. The van der Waals surface area contributed by atoms with E-state index in [1.54, 1.807) is 7.11 Å². The van der Waals surface area contributed by atoms with Crippen LogP contribution in [0, 0.1) is 0 Å². The number of hydrogen-bond acceptors (Lipinski definition) is 8. The number of nitrogens with zero attached hydrogens (tertiary/aromatic N) is 2. The Balaban J connectivity index is 1.21. The van der Waals surface area contributed by atoms with E-state index in [4.69, 9.17) is 14.2 Å². The Labute approximate surface area is 231 Å². The first kappa shape index (κ1) is 26.9. The standard InChI is InChI=1S/C29H32N4O5S/c1-36-23-11-9-21(10-12-23)24-19-39-28(31-24)32-26(34)18-33-15-17-38-29(20-33)13-5-4-7-22-6-2-3-8-25(22)37-16-14-30-27(29)35/h2-6,8-12,19H,7,13-18,20H2,1H3,(H,30,35)(H,31,32,34)/b5-4+. The normalized spacial score (nSPS) is 21.0. The molecular weight excluding hydrogens is 516 g/mol. The van der Waals surface area contributed by atoms with Gasteiger partial charge in [0, 0.05) is 30.5 Å². The Hall–Kier alpha value is -3.73. The van der Waals surface area contributed by atoms with Gasteiger partial charge < -0.3 is 24.8 Å². The largest absolute Gasteiger partial charge is 0.497 e. The SMILES string of the molecule is COc1ccc(-c2csc(NC(=O)CN3CCOC4(C/C=C/Cc5ccccc5OCCNC4=O)C3)n2)cc1. The monoisotopic (exact) mass is 548 g/mol. The average molecular weight is 549 g/mol. The van der Waals surface area contributed by atoms with Gasteiger partial charge in [-0.15, -0.1) is 11.3 Å². The number of morpholine rings is 1. The minimum absolute atomic E-state index is 0.135. The molecule has 1 fully saturated rings. The van der Waals surface area contributed by atoms with Crippen molar-refractivity contribution in [2.24, 2.45) is 0 Å². The quantitative estimate of drug-likeness (QED) is 0.471. The van der Waals surface area contributed by atoms with E-state index >= 15 is 0 Å². The van der Waals surface area contributed by atoms with Crippen LogP contribution in [0.25, 0.3) is 11.3 Å². The number of carbonyl (C=O) groups is 2. The van der Waals surface area contributed by atoms with Crippen molar-refractivity contribution in [3.05, 3.63) is 71.6 Å². The molecule has 39 heavy (non-hydrogen) atoms. The average Bonchev–Trinajstić information content (AvgIpc) is 3.41. The lowest BCUT2D eigenvalue weighted by atomic mass is 9.94. The van der Waals surface area contributed by atoms with Crippen molar-refractivity contribution in [3.63, 3.8) is 0 Å². The molecule has 0 bridgehead atoms. The zero-order valence-corrected chi connectivity index (χ0v) is 22.7. The molecule has 2 N–H and O–H groups in total. The van der Waals surface area contributed by atoms with Crippen molar-refractivity contribution < 1.29 is 23.8 Å². The number of para-hydroxylation sites is 1. The highest BCUT2D eigenvalue weighted by atomic mass is 32.1. The van der Waals surface area contributed by atoms with Gasteiger partial charge in [0.15, 0.2) is 10.7 Å². The predicted molar refractivity (Wildman–Crippen MR) is 150 cm³/mol. The summed E-state index contributed by atoms with van der Waals surface area (Å²) in [6, 6.07) is 15.5. The maximum atomic E-state index is 13.3. The number of nitrogens with one attached hydrogen (secondary N) is 2. The Morgan fingerprint density at radius 1 is 1.18 bits per heavy atom. The van der Waals surface area contributed by atoms with Crippen LogP contribution in [-0.4, -0.2) is 73.8 Å². The van der Waals surface area contributed by atoms with Gasteiger partial charge in [0.2, 0.25) is 5.91 Å². The van der Waals surface area contributed by atoms with Gasteiger partial charge in [-0.2, -0.15) is 0 Å². The Bertz CT molecular complexity index is 1330. The molecule has 9 nitrogen and oxygen atoms in total. The minimum atomic E-state index is -1.07. The molecule has 3 heterocycles. The number of amides is 2. The van der Waals surface area contributed by atoms with Crippen LogP contribution >= 0.6 is 11.3 Å². The summed E-state index contributed by atoms with van der Waals surface area (Å²) in [7, 11) is 1.63. The fourth-order valence-electron chi connectivity index (χ4n) is 4.72. The molecule has 1 aromatic heterocycles. The second-order valence-electron chi connectivity index (χ2n) is 9.46. The molecule has 1 atom stereocenters. The molecule has 1 saturated heterocycles. The number of allylic oxidation sites excluding steroid dienone is 1. The lowest BCUT2D eigenvalue weighted by molar-refractivity contribution is -0.160. The number of anilines is 1. The van der Waals surface area contributed by atoms with Gasteiger partial charge in [0.05, 0.1) is 32.5 Å². The van der Waals surface area contributed by atoms with Crippen LogP contribution < -0.4 is 20.1 Å². The molecule has 0 aliphatic carbocycles. The van der Waals surface area contributed by atoms with Crippen LogP contribution in [0.1, 0.15) is 12.0 Å². The zero-order chi connectivity index (χ0) is 27.1. The molecule has 204 valence electrons. The van der Waals surface area contributed by atoms with Gasteiger partial charge in [0.1, 0.15) is 18.1 Å². The number of ether oxygens (including phenoxy) is 3. The number of hydrogen-bond donors (Lipinski definition) is 2. The van der Waals surface area contributed by atoms with Gasteiger partial charge in [-0.25, -0.2) is 4.98 Å². The van der Waals surface area contributed by atoms with Crippen LogP contribution in [0.5, 0.6) is 11.5 Å². The lowest BCUT2D eigenvalue weighted by Crippen LogP contribution is -2.60. The molecule has 1 spiro atoms. The summed E-state index contributed by atoms with van der Waals surface area (Å²) in [5.74, 6) is 1.22. The first-order valence-electron chi connectivity index (χ1n) is 12.9. The fourth-order valence-corrected chi connectivity index (χ4v) is 5.45. The van der Waals surface area contributed by atoms with Crippen LogP contribution in [-0.2, 0) is 20.7 Å². The highest BCUT2D eigenvalue weighted by molar-refractivity contribution is 7.14. The van der Waals surface area contributed by atoms with Gasteiger partial charge in [0.25, 0.3) is 5.91 Å². The van der Waals surface area contributed by atoms with Gasteiger partial charge >= 0.3 is 0 Å². The maximum absolute atomic E-state index is 13.3. The number of benzene rings is 2. The van der Waals surface area contributed by atoms with E-state index < -0.39 is 5.60 Å². The first-order valence-corrected chi connectivity index (χ1v) is 13.8. The molecular formula is C29H32N4O5S. The molecule has 0 saturated carbocycles. The summed E-state index contributed by atoms with van der Waals surface area (Å²) in [6.07, 6.45) is 5.14. The summed E-state index contributed by atoms with van der Waals surface area (Å²) in [5, 5.41) is 8.30. The third-order valence-electron chi connectivity index (χ3n) is 6.75. The second-order valence-corrected chi connectivity index (χ2v) is 10.3. The van der Waals surface area contributed by atoms with E-state index in [1.165, 1.54) is 11.3 Å². The number of thiazole rings is 1. The second kappa shape index (κ2) is 12.4. The van der Waals surface area contributed by atoms with Gasteiger partial charge in [-0.3, -0.25) is 14.5 Å². The van der Waals surface area contributed by atoms with Crippen LogP contribution in [0.4, 0.5) is 5.13 Å². The van der Waals surface area contributed by atoms with Crippen molar-refractivity contribution in [2.75, 3.05) is 51.8 Å². The lowest BCUT2D eigenvalue weighted by Gasteiger charge is -2.41. The van der Waals surface area contributed by atoms with Crippen molar-refractivity contribution in [3.8, 4) is 22.8 Å². The third-order valence-corrected chi connectivity index (χ3v) is 7.51. The number of fused-ring (bicyclic) bond motifs is 1. The highest BCUT2D eigenvalue weighted by Crippen LogP contribution is 2.28. The van der Waals surface area contributed by atoms with E-state index in [0.717, 1.165) is 28.3 Å². The summed E-state index contributed by atoms with van der Waals surface area (Å²) < 4.78 is 17.2. The maximum Gasteiger partial charge on any atom is 0.254 e. The fraction of sp³-hybridized carbons (Fsp3) is 0.345. The van der Waals surface area contributed by atoms with Crippen LogP contribution in [0.15, 0.2) is 66.1 Å². The Morgan fingerprint density at radius 3 is 2.87 bits per heavy atom. The van der Waals surface area contributed by atoms with Crippen molar-refractivity contribution in [1.82, 2.24) is 15.2 Å². The molecule has 1 unspecified atom stereocenters. The Morgan fingerprint density at radius 2 is 2.03 bits per heavy atom. The van der Waals surface area contributed by atoms with E-state index in [1.807, 2.05) is 71.0 Å². The number of methoxy groups -OCH3 is 1. The zero-order valence-electron chi connectivity index (χ0n) is 21.9. The minimum Gasteiger partial charge on any atom is -0.497 e. The van der Waals surface area contributed by atoms with E-state index in [0.29, 0.717) is 50.8 Å². The molecule has 2 aromatic carbocycles. The Kier molecular flexibility index (Phi) is 8.55. The van der Waals surface area contributed by atoms with E-state index in [9.17, 15) is 9.59 Å². The van der Waals surface area contributed by atoms with E-state index in [2.05, 4.69) is 15.6 Å². The topological polar surface area (TPSA) is 102 Å². The number of rotatable bonds is 5. The molecule has 2 aliphatic rings. The van der Waals surface area contributed by atoms with Gasteiger partial charge in [-0.05, 0) is 42.3 Å². The number of aromatic nitrogens is 1. The first-order chi connectivity index (χ1) is 19.0. The van der Waals surface area contributed by atoms with Crippen molar-refractivity contribution in [2.45, 2.75) is 18.4 Å². The smallest absolute Gasteiger partial charge is 0.254 e. The summed E-state index contributed by atoms with van der Waals surface area (Å²) in [5.41, 5.74) is 1.75. The van der Waals surface area contributed by atoms with Gasteiger partial charge in [-0.1, -0.05) is 30.4 Å². The van der Waals surface area contributed by atoms with Crippen LogP contribution in [0.2, 0.25) is 0 Å². The highest BCUT2D eigenvalue weighted by Gasteiger charge is 2.43. The molecule has 5 rings (SSSR count). The van der Waals surface area contributed by atoms with Crippen molar-refractivity contribution in [1.29, 1.82) is 0 Å². The molecule has 2 amide bonds.